The first-order valence-corrected chi connectivity index (χ1v) is 3.49. The van der Waals surface area contributed by atoms with E-state index in [9.17, 15) is 0 Å². The monoisotopic (exact) mass is 132 g/mol. The second kappa shape index (κ2) is 3.21. The van der Waals surface area contributed by atoms with E-state index >= 15 is 0 Å². The van der Waals surface area contributed by atoms with Crippen LogP contribution in [0.2, 0.25) is 0 Å². The van der Waals surface area contributed by atoms with Crippen LogP contribution in [0.25, 0.3) is 0 Å². The first kappa shape index (κ1) is 7.07. The van der Waals surface area contributed by atoms with Crippen LogP contribution in [0.15, 0.2) is 47.6 Å². The summed E-state index contributed by atoms with van der Waals surface area (Å²) >= 11 is 0. The molecular formula is C10H12. The first-order valence-electron chi connectivity index (χ1n) is 3.49. The highest BCUT2D eigenvalue weighted by molar-refractivity contribution is 5.35. The van der Waals surface area contributed by atoms with Crippen molar-refractivity contribution in [2.75, 3.05) is 0 Å². The molecule has 52 valence electrons. The Morgan fingerprint density at radius 2 is 1.10 bits per heavy atom. The maximum Gasteiger partial charge on any atom is -0.0395 e. The molecule has 0 heteroatoms. The molecule has 0 saturated heterocycles. The molecule has 1 aliphatic rings. The zero-order valence-electron chi connectivity index (χ0n) is 6.46. The molecule has 0 radical (unpaired) electrons. The minimum atomic E-state index is 1.33. The van der Waals surface area contributed by atoms with Gasteiger partial charge in [-0.1, -0.05) is 36.5 Å². The van der Waals surface area contributed by atoms with Gasteiger partial charge in [-0.15, -0.1) is 0 Å². The summed E-state index contributed by atoms with van der Waals surface area (Å²) in [4.78, 5) is 0. The van der Waals surface area contributed by atoms with Crippen molar-refractivity contribution in [3.8, 4) is 0 Å². The van der Waals surface area contributed by atoms with Crippen LogP contribution in [-0.4, -0.2) is 0 Å². The lowest BCUT2D eigenvalue weighted by Crippen LogP contribution is -1.76. The van der Waals surface area contributed by atoms with Gasteiger partial charge in [-0.2, -0.15) is 0 Å². The molecule has 0 nitrogen and oxygen atoms in total. The third-order valence-corrected chi connectivity index (χ3v) is 1.65. The van der Waals surface area contributed by atoms with E-state index in [0.29, 0.717) is 0 Å². The summed E-state index contributed by atoms with van der Waals surface area (Å²) in [5, 5.41) is 0. The Morgan fingerprint density at radius 3 is 1.50 bits per heavy atom. The van der Waals surface area contributed by atoms with Crippen LogP contribution in [0.4, 0.5) is 0 Å². The van der Waals surface area contributed by atoms with Gasteiger partial charge in [0.15, 0.2) is 0 Å². The highest BCUT2D eigenvalue weighted by Gasteiger charge is 1.87. The van der Waals surface area contributed by atoms with E-state index in [1.165, 1.54) is 11.1 Å². The molecule has 0 saturated carbocycles. The summed E-state index contributed by atoms with van der Waals surface area (Å²) in [7, 11) is 0. The topological polar surface area (TPSA) is 0 Å². The average Bonchev–Trinajstić information content (AvgIpc) is 1.92. The Labute approximate surface area is 62.3 Å². The molecule has 0 aromatic rings. The van der Waals surface area contributed by atoms with Gasteiger partial charge in [-0.25, -0.2) is 0 Å². The van der Waals surface area contributed by atoms with Gasteiger partial charge in [0, 0.05) is 0 Å². The summed E-state index contributed by atoms with van der Waals surface area (Å²) in [5.41, 5.74) is 2.67. The molecule has 0 aromatic carbocycles. The maximum absolute atomic E-state index is 2.12. The van der Waals surface area contributed by atoms with Gasteiger partial charge < -0.3 is 0 Å². The summed E-state index contributed by atoms with van der Waals surface area (Å²) in [6.45, 7) is 4.24. The molecule has 0 spiro atoms. The molecule has 0 unspecified atom stereocenters. The molecule has 0 N–H and O–H groups in total. The SMILES string of the molecule is CC1=C(C)/C=C\C=C/C=C1. The third kappa shape index (κ3) is 1.73. The molecule has 0 amide bonds. The Kier molecular flexibility index (Phi) is 2.27. The molecular weight excluding hydrogens is 120 g/mol. The quantitative estimate of drug-likeness (QED) is 0.475. The standard InChI is InChI=1S/C10H12/c1-9-7-5-3-4-6-8-10(9)2/h3-8H,1-2H3/b4-3-,5-3?,6-4?,7-5-,8-6?,9-7?,10-8?,10-9?. The van der Waals surface area contributed by atoms with Crippen LogP contribution < -0.4 is 0 Å². The zero-order chi connectivity index (χ0) is 7.40. The van der Waals surface area contributed by atoms with E-state index in [1.807, 2.05) is 12.2 Å². The Balaban J connectivity index is 2.93. The van der Waals surface area contributed by atoms with Crippen molar-refractivity contribution in [3.05, 3.63) is 47.6 Å². The summed E-state index contributed by atoms with van der Waals surface area (Å²) in [5.74, 6) is 0. The second-order valence-electron chi connectivity index (χ2n) is 2.47. The molecule has 0 aliphatic heterocycles. The molecule has 0 fully saturated rings. The van der Waals surface area contributed by atoms with Crippen molar-refractivity contribution in [1.82, 2.24) is 0 Å². The minimum absolute atomic E-state index is 1.33. The van der Waals surface area contributed by atoms with Gasteiger partial charge in [0.25, 0.3) is 0 Å². The van der Waals surface area contributed by atoms with Crippen molar-refractivity contribution < 1.29 is 0 Å². The van der Waals surface area contributed by atoms with E-state index in [0.717, 1.165) is 0 Å². The summed E-state index contributed by atoms with van der Waals surface area (Å²) < 4.78 is 0. The van der Waals surface area contributed by atoms with E-state index in [4.69, 9.17) is 0 Å². The van der Waals surface area contributed by atoms with Gasteiger partial charge in [0.2, 0.25) is 0 Å². The molecule has 1 aliphatic carbocycles. The third-order valence-electron chi connectivity index (χ3n) is 1.65. The Bertz CT molecular complexity index is 200. The molecule has 1 rings (SSSR count). The minimum Gasteiger partial charge on any atom is -0.0623 e. The van der Waals surface area contributed by atoms with Crippen molar-refractivity contribution in [3.63, 3.8) is 0 Å². The van der Waals surface area contributed by atoms with Crippen LogP contribution in [0.1, 0.15) is 13.8 Å². The second-order valence-corrected chi connectivity index (χ2v) is 2.47. The van der Waals surface area contributed by atoms with Crippen LogP contribution in [0, 0.1) is 0 Å². The summed E-state index contributed by atoms with van der Waals surface area (Å²) in [6.07, 6.45) is 12.4. The van der Waals surface area contributed by atoms with Gasteiger partial charge in [0.05, 0.1) is 0 Å². The predicted molar refractivity (Wildman–Crippen MR) is 45.8 cm³/mol. The number of allylic oxidation sites excluding steroid dienone is 8. The number of rotatable bonds is 0. The normalized spacial score (nSPS) is 23.8. The Hall–Kier alpha value is -1.04. The Morgan fingerprint density at radius 1 is 0.700 bits per heavy atom. The smallest absolute Gasteiger partial charge is 0.0395 e. The summed E-state index contributed by atoms with van der Waals surface area (Å²) in [6, 6.07) is 0. The van der Waals surface area contributed by atoms with Gasteiger partial charge in [0.1, 0.15) is 0 Å². The van der Waals surface area contributed by atoms with E-state index in [-0.39, 0.29) is 0 Å². The van der Waals surface area contributed by atoms with E-state index < -0.39 is 0 Å². The van der Waals surface area contributed by atoms with Crippen molar-refractivity contribution >= 4 is 0 Å². The number of hydrogen-bond donors (Lipinski definition) is 0. The predicted octanol–water partition coefficient (Wildman–Crippen LogP) is 3.01. The lowest BCUT2D eigenvalue weighted by Gasteiger charge is -1.97. The highest BCUT2D eigenvalue weighted by atomic mass is 13.9. The highest BCUT2D eigenvalue weighted by Crippen LogP contribution is 2.08. The first-order chi connectivity index (χ1) is 4.80. The maximum atomic E-state index is 2.12. The lowest BCUT2D eigenvalue weighted by atomic mass is 10.1. The molecule has 0 atom stereocenters. The van der Waals surface area contributed by atoms with Gasteiger partial charge >= 0.3 is 0 Å². The van der Waals surface area contributed by atoms with Gasteiger partial charge in [-0.3, -0.25) is 0 Å². The fourth-order valence-corrected chi connectivity index (χ4v) is 0.791. The largest absolute Gasteiger partial charge is 0.0623 e. The van der Waals surface area contributed by atoms with Crippen molar-refractivity contribution in [2.24, 2.45) is 0 Å². The molecule has 0 bridgehead atoms. The molecule has 0 aromatic heterocycles. The van der Waals surface area contributed by atoms with E-state index in [2.05, 4.69) is 38.2 Å². The van der Waals surface area contributed by atoms with Crippen molar-refractivity contribution in [1.29, 1.82) is 0 Å². The van der Waals surface area contributed by atoms with Crippen LogP contribution in [0.3, 0.4) is 0 Å². The average molecular weight is 132 g/mol. The van der Waals surface area contributed by atoms with Gasteiger partial charge in [-0.05, 0) is 25.0 Å². The molecule has 10 heavy (non-hydrogen) atoms. The van der Waals surface area contributed by atoms with Crippen molar-refractivity contribution in [2.45, 2.75) is 13.8 Å². The fourth-order valence-electron chi connectivity index (χ4n) is 0.791. The van der Waals surface area contributed by atoms with Crippen LogP contribution >= 0.6 is 0 Å². The van der Waals surface area contributed by atoms with E-state index in [1.54, 1.807) is 0 Å². The zero-order valence-corrected chi connectivity index (χ0v) is 6.46. The lowest BCUT2D eigenvalue weighted by molar-refractivity contribution is 1.37. The number of hydrogen-bond acceptors (Lipinski definition) is 0. The van der Waals surface area contributed by atoms with Crippen LogP contribution in [-0.2, 0) is 0 Å². The molecule has 0 heterocycles. The fraction of sp³-hybridized carbons (Fsp3) is 0.200. The van der Waals surface area contributed by atoms with Crippen LogP contribution in [0.5, 0.6) is 0 Å².